The molecule has 17 heavy (non-hydrogen) atoms. The van der Waals surface area contributed by atoms with E-state index in [1.165, 1.54) is 0 Å². The lowest BCUT2D eigenvalue weighted by molar-refractivity contribution is -0.0202. The van der Waals surface area contributed by atoms with E-state index in [2.05, 4.69) is 4.99 Å². The van der Waals surface area contributed by atoms with Crippen LogP contribution in [0.5, 0.6) is 0 Å². The van der Waals surface area contributed by atoms with Gasteiger partial charge in [-0.2, -0.15) is 4.99 Å². The third-order valence-corrected chi connectivity index (χ3v) is 3.69. The van der Waals surface area contributed by atoms with Crippen molar-refractivity contribution >= 4 is 11.8 Å². The summed E-state index contributed by atoms with van der Waals surface area (Å²) >= 11 is 0. The molecule has 0 aliphatic carbocycles. The van der Waals surface area contributed by atoms with E-state index in [4.69, 9.17) is 4.74 Å². The fourth-order valence-electron chi connectivity index (χ4n) is 1.91. The van der Waals surface area contributed by atoms with E-state index in [0.717, 1.165) is 11.3 Å². The number of cyclic esters (lactones) is 1. The molecule has 0 N–H and O–H groups in total. The van der Waals surface area contributed by atoms with E-state index in [1.807, 2.05) is 58.0 Å². The second-order valence-electron chi connectivity index (χ2n) is 5.33. The summed E-state index contributed by atoms with van der Waals surface area (Å²) in [5.41, 5.74) is 0.890. The molecule has 0 saturated carbocycles. The molecular weight excluding hydrogens is 214 g/mol. The van der Waals surface area contributed by atoms with Gasteiger partial charge in [0, 0.05) is 5.41 Å². The molecule has 0 fully saturated rings. The molecule has 1 aromatic carbocycles. The number of amides is 1. The molecule has 0 atom stereocenters. The molecule has 1 amide bonds. The van der Waals surface area contributed by atoms with Gasteiger partial charge in [0.25, 0.3) is 0 Å². The number of benzene rings is 1. The fraction of sp³-hybridized carbons (Fsp3) is 0.429. The van der Waals surface area contributed by atoms with E-state index in [0.29, 0.717) is 0 Å². The highest BCUT2D eigenvalue weighted by atomic mass is 16.6. The fourth-order valence-corrected chi connectivity index (χ4v) is 1.91. The summed E-state index contributed by atoms with van der Waals surface area (Å²) in [7, 11) is 0. The molecule has 0 bridgehead atoms. The Morgan fingerprint density at radius 2 is 1.65 bits per heavy atom. The molecule has 90 valence electrons. The monoisotopic (exact) mass is 231 g/mol. The first-order chi connectivity index (χ1) is 7.84. The van der Waals surface area contributed by atoms with Crippen molar-refractivity contribution in [2.24, 2.45) is 10.4 Å². The summed E-state index contributed by atoms with van der Waals surface area (Å²) in [6, 6.07) is 9.77. The predicted octanol–water partition coefficient (Wildman–Crippen LogP) is 3.43. The lowest BCUT2D eigenvalue weighted by Gasteiger charge is -2.43. The van der Waals surface area contributed by atoms with Gasteiger partial charge >= 0.3 is 6.09 Å². The van der Waals surface area contributed by atoms with Gasteiger partial charge in [-0.15, -0.1) is 0 Å². The highest BCUT2D eigenvalue weighted by Gasteiger charge is 2.48. The summed E-state index contributed by atoms with van der Waals surface area (Å²) in [4.78, 5) is 15.6. The molecule has 0 aromatic heterocycles. The SMILES string of the molecule is CC1(C)OC(=O)N=C(c2ccccc2)C1(C)C. The quantitative estimate of drug-likeness (QED) is 0.742. The normalized spacial score (nSPS) is 21.6. The number of aliphatic imine (C=N–C) groups is 1. The van der Waals surface area contributed by atoms with E-state index in [9.17, 15) is 4.79 Å². The van der Waals surface area contributed by atoms with Gasteiger partial charge < -0.3 is 4.74 Å². The average molecular weight is 231 g/mol. The van der Waals surface area contributed by atoms with Crippen LogP contribution in [0.15, 0.2) is 35.3 Å². The van der Waals surface area contributed by atoms with Gasteiger partial charge in [0.2, 0.25) is 0 Å². The molecule has 1 aliphatic rings. The molecular formula is C14H17NO2. The van der Waals surface area contributed by atoms with Gasteiger partial charge in [-0.25, -0.2) is 4.79 Å². The maximum Gasteiger partial charge on any atom is 0.434 e. The zero-order valence-electron chi connectivity index (χ0n) is 10.7. The molecule has 1 aliphatic heterocycles. The minimum atomic E-state index is -0.559. The van der Waals surface area contributed by atoms with Gasteiger partial charge in [0.1, 0.15) is 5.60 Å². The van der Waals surface area contributed by atoms with Gasteiger partial charge in [0.15, 0.2) is 0 Å². The second-order valence-corrected chi connectivity index (χ2v) is 5.33. The van der Waals surface area contributed by atoms with Crippen molar-refractivity contribution in [2.45, 2.75) is 33.3 Å². The molecule has 3 heteroatoms. The lowest BCUT2D eigenvalue weighted by Crippen LogP contribution is -2.51. The largest absolute Gasteiger partial charge is 0.441 e. The van der Waals surface area contributed by atoms with Crippen LogP contribution < -0.4 is 0 Å². The highest BCUT2D eigenvalue weighted by Crippen LogP contribution is 2.40. The Labute approximate surface area is 102 Å². The second kappa shape index (κ2) is 3.69. The van der Waals surface area contributed by atoms with Crippen LogP contribution in [0.3, 0.4) is 0 Å². The van der Waals surface area contributed by atoms with Crippen LogP contribution in [0, 0.1) is 5.41 Å². The zero-order valence-corrected chi connectivity index (χ0v) is 10.7. The van der Waals surface area contributed by atoms with Crippen LogP contribution in [0.25, 0.3) is 0 Å². The molecule has 2 rings (SSSR count). The Morgan fingerprint density at radius 1 is 1.06 bits per heavy atom. The van der Waals surface area contributed by atoms with Crippen LogP contribution >= 0.6 is 0 Å². The summed E-state index contributed by atoms with van der Waals surface area (Å²) in [6.07, 6.45) is -0.506. The number of carbonyl (C=O) groups excluding carboxylic acids is 1. The first-order valence-electron chi connectivity index (χ1n) is 5.72. The van der Waals surface area contributed by atoms with E-state index in [1.54, 1.807) is 0 Å². The van der Waals surface area contributed by atoms with Crippen LogP contribution in [0.4, 0.5) is 4.79 Å². The Morgan fingerprint density at radius 3 is 2.24 bits per heavy atom. The summed E-state index contributed by atoms with van der Waals surface area (Å²) < 4.78 is 5.31. The third-order valence-electron chi connectivity index (χ3n) is 3.69. The van der Waals surface area contributed by atoms with E-state index < -0.39 is 11.7 Å². The number of hydrogen-bond donors (Lipinski definition) is 0. The Hall–Kier alpha value is -1.64. The van der Waals surface area contributed by atoms with Crippen molar-refractivity contribution in [1.29, 1.82) is 0 Å². The molecule has 0 radical (unpaired) electrons. The van der Waals surface area contributed by atoms with Crippen LogP contribution in [-0.2, 0) is 4.74 Å². The Balaban J connectivity index is 2.56. The number of nitrogens with zero attached hydrogens (tertiary/aromatic N) is 1. The van der Waals surface area contributed by atoms with Crippen LogP contribution in [-0.4, -0.2) is 17.4 Å². The predicted molar refractivity (Wildman–Crippen MR) is 67.3 cm³/mol. The minimum Gasteiger partial charge on any atom is -0.441 e. The van der Waals surface area contributed by atoms with Crippen molar-refractivity contribution in [2.75, 3.05) is 0 Å². The van der Waals surface area contributed by atoms with Gasteiger partial charge in [-0.1, -0.05) is 44.2 Å². The molecule has 1 heterocycles. The first kappa shape index (κ1) is 11.8. The standard InChI is InChI=1S/C14H17NO2/c1-13(2)11(10-8-6-5-7-9-10)15-12(16)17-14(13,3)4/h5-9H,1-4H3. The van der Waals surface area contributed by atoms with Crippen molar-refractivity contribution in [3.63, 3.8) is 0 Å². The highest BCUT2D eigenvalue weighted by molar-refractivity contribution is 6.10. The van der Waals surface area contributed by atoms with Crippen molar-refractivity contribution < 1.29 is 9.53 Å². The zero-order chi connectivity index (χ0) is 12.7. The maximum absolute atomic E-state index is 11.5. The Kier molecular flexibility index (Phi) is 2.57. The van der Waals surface area contributed by atoms with Crippen molar-refractivity contribution in [1.82, 2.24) is 0 Å². The van der Waals surface area contributed by atoms with Crippen molar-refractivity contribution in [3.05, 3.63) is 35.9 Å². The summed E-state index contributed by atoms with van der Waals surface area (Å²) in [5.74, 6) is 0. The van der Waals surface area contributed by atoms with Gasteiger partial charge in [0.05, 0.1) is 5.71 Å². The van der Waals surface area contributed by atoms with Crippen LogP contribution in [0.1, 0.15) is 33.3 Å². The van der Waals surface area contributed by atoms with Crippen molar-refractivity contribution in [3.8, 4) is 0 Å². The lowest BCUT2D eigenvalue weighted by atomic mass is 9.70. The summed E-state index contributed by atoms with van der Waals surface area (Å²) in [6.45, 7) is 7.93. The topological polar surface area (TPSA) is 38.7 Å². The molecule has 0 unspecified atom stereocenters. The number of rotatable bonds is 1. The van der Waals surface area contributed by atoms with Crippen LogP contribution in [0.2, 0.25) is 0 Å². The molecule has 0 spiro atoms. The van der Waals surface area contributed by atoms with E-state index >= 15 is 0 Å². The Bertz CT molecular complexity index is 472. The van der Waals surface area contributed by atoms with Gasteiger partial charge in [-0.3, -0.25) is 0 Å². The molecule has 0 saturated heterocycles. The minimum absolute atomic E-state index is 0.317. The smallest absolute Gasteiger partial charge is 0.434 e. The number of hydrogen-bond acceptors (Lipinski definition) is 2. The number of ether oxygens (including phenoxy) is 1. The molecule has 1 aromatic rings. The van der Waals surface area contributed by atoms with E-state index in [-0.39, 0.29) is 5.41 Å². The maximum atomic E-state index is 11.5. The molecule has 3 nitrogen and oxygen atoms in total. The average Bonchev–Trinajstić information content (AvgIpc) is 2.24. The van der Waals surface area contributed by atoms with Gasteiger partial charge in [-0.05, 0) is 19.4 Å². The summed E-state index contributed by atoms with van der Waals surface area (Å²) in [5, 5.41) is 0. The third kappa shape index (κ3) is 1.86. The number of carbonyl (C=O) groups is 1. The first-order valence-corrected chi connectivity index (χ1v) is 5.72.